The van der Waals surface area contributed by atoms with Crippen LogP contribution in [0.5, 0.6) is 11.5 Å². The number of anilines is 1. The smallest absolute Gasteiger partial charge is 0.264 e. The molecule has 0 aliphatic carbocycles. The van der Waals surface area contributed by atoms with Crippen LogP contribution in [0, 0.1) is 0 Å². The molecule has 3 rings (SSSR count). The number of ether oxygens (including phenoxy) is 2. The molecule has 0 bridgehead atoms. The standard InChI is InChI=1S/C18H22N2O6S2/c1-4-19-27(21,22)14-6-5-13-9-10-20(16(13)11-14)28(23,24)15-7-8-17(25-2)18(12-15)26-3/h5-8,11-12,19H,4,9-10H2,1-3H3. The van der Waals surface area contributed by atoms with Crippen molar-refractivity contribution < 1.29 is 26.3 Å². The van der Waals surface area contributed by atoms with Crippen LogP contribution in [-0.2, 0) is 26.5 Å². The van der Waals surface area contributed by atoms with E-state index in [4.69, 9.17) is 9.47 Å². The molecule has 0 saturated heterocycles. The van der Waals surface area contributed by atoms with Crippen LogP contribution in [0.3, 0.4) is 0 Å². The molecule has 0 aromatic heterocycles. The van der Waals surface area contributed by atoms with Crippen molar-refractivity contribution in [2.75, 3.05) is 31.6 Å². The third kappa shape index (κ3) is 3.54. The Hall–Kier alpha value is -2.30. The molecule has 2 aromatic rings. The molecule has 1 N–H and O–H groups in total. The largest absolute Gasteiger partial charge is 0.493 e. The summed E-state index contributed by atoms with van der Waals surface area (Å²) in [5.41, 5.74) is 1.15. The first kappa shape index (κ1) is 20.4. The zero-order chi connectivity index (χ0) is 20.5. The van der Waals surface area contributed by atoms with E-state index < -0.39 is 20.0 Å². The molecule has 2 aromatic carbocycles. The lowest BCUT2D eigenvalue weighted by Crippen LogP contribution is -2.29. The molecular formula is C18H22N2O6S2. The van der Waals surface area contributed by atoms with Crippen LogP contribution in [0.4, 0.5) is 5.69 Å². The fourth-order valence-electron chi connectivity index (χ4n) is 3.12. The summed E-state index contributed by atoms with van der Waals surface area (Å²) in [6.45, 7) is 2.16. The van der Waals surface area contributed by atoms with E-state index >= 15 is 0 Å². The van der Waals surface area contributed by atoms with Crippen molar-refractivity contribution in [2.45, 2.75) is 23.1 Å². The summed E-state index contributed by atoms with van der Waals surface area (Å²) in [5.74, 6) is 0.716. The number of rotatable bonds is 7. The zero-order valence-electron chi connectivity index (χ0n) is 15.8. The van der Waals surface area contributed by atoms with Crippen LogP contribution in [0.1, 0.15) is 12.5 Å². The lowest BCUT2D eigenvalue weighted by atomic mass is 10.2. The molecule has 0 unspecified atom stereocenters. The van der Waals surface area contributed by atoms with E-state index in [1.54, 1.807) is 13.0 Å². The Morgan fingerprint density at radius 3 is 2.29 bits per heavy atom. The summed E-state index contributed by atoms with van der Waals surface area (Å²) in [6, 6.07) is 8.90. The minimum atomic E-state index is -3.90. The summed E-state index contributed by atoms with van der Waals surface area (Å²) < 4.78 is 65.0. The van der Waals surface area contributed by atoms with Gasteiger partial charge in [-0.2, -0.15) is 0 Å². The molecule has 0 saturated carbocycles. The summed E-state index contributed by atoms with van der Waals surface area (Å²) in [4.78, 5) is 0.0699. The Balaban J connectivity index is 2.05. The molecule has 0 radical (unpaired) electrons. The summed E-state index contributed by atoms with van der Waals surface area (Å²) in [7, 11) is -4.70. The molecule has 8 nitrogen and oxygen atoms in total. The summed E-state index contributed by atoms with van der Waals surface area (Å²) >= 11 is 0. The molecule has 0 atom stereocenters. The van der Waals surface area contributed by atoms with Gasteiger partial charge in [0, 0.05) is 19.2 Å². The Labute approximate surface area is 165 Å². The molecular weight excluding hydrogens is 404 g/mol. The normalized spacial score (nSPS) is 14.0. The van der Waals surface area contributed by atoms with Crippen molar-refractivity contribution in [1.82, 2.24) is 4.72 Å². The molecule has 0 spiro atoms. The monoisotopic (exact) mass is 426 g/mol. The van der Waals surface area contributed by atoms with Gasteiger partial charge in [-0.05, 0) is 36.2 Å². The van der Waals surface area contributed by atoms with Gasteiger partial charge in [0.2, 0.25) is 10.0 Å². The van der Waals surface area contributed by atoms with Gasteiger partial charge in [-0.25, -0.2) is 21.6 Å². The fraction of sp³-hybridized carbons (Fsp3) is 0.333. The molecule has 10 heteroatoms. The number of hydrogen-bond acceptors (Lipinski definition) is 6. The highest BCUT2D eigenvalue weighted by Crippen LogP contribution is 2.37. The van der Waals surface area contributed by atoms with Crippen LogP contribution in [0.25, 0.3) is 0 Å². The first-order valence-corrected chi connectivity index (χ1v) is 11.5. The molecule has 0 amide bonds. The number of benzene rings is 2. The van der Waals surface area contributed by atoms with Crippen LogP contribution in [-0.4, -0.2) is 44.1 Å². The maximum Gasteiger partial charge on any atom is 0.264 e. The Morgan fingerprint density at radius 1 is 0.964 bits per heavy atom. The lowest BCUT2D eigenvalue weighted by molar-refractivity contribution is 0.354. The molecule has 28 heavy (non-hydrogen) atoms. The highest BCUT2D eigenvalue weighted by atomic mass is 32.2. The van der Waals surface area contributed by atoms with Gasteiger partial charge in [0.05, 0.1) is 29.7 Å². The number of fused-ring (bicyclic) bond motifs is 1. The molecule has 1 heterocycles. The van der Waals surface area contributed by atoms with Crippen molar-refractivity contribution in [1.29, 1.82) is 0 Å². The van der Waals surface area contributed by atoms with Crippen molar-refractivity contribution in [3.05, 3.63) is 42.0 Å². The SMILES string of the molecule is CCNS(=O)(=O)c1ccc2c(c1)N(S(=O)(=O)c1ccc(OC)c(OC)c1)CC2. The second-order valence-corrected chi connectivity index (χ2v) is 9.77. The van der Waals surface area contributed by atoms with Crippen molar-refractivity contribution in [3.8, 4) is 11.5 Å². The minimum Gasteiger partial charge on any atom is -0.493 e. The number of nitrogens with one attached hydrogen (secondary N) is 1. The van der Waals surface area contributed by atoms with Gasteiger partial charge in [0.25, 0.3) is 10.0 Å². The van der Waals surface area contributed by atoms with Gasteiger partial charge >= 0.3 is 0 Å². The second kappa shape index (κ2) is 7.61. The zero-order valence-corrected chi connectivity index (χ0v) is 17.4. The van der Waals surface area contributed by atoms with Gasteiger partial charge in [-0.3, -0.25) is 4.31 Å². The third-order valence-corrected chi connectivity index (χ3v) is 7.85. The van der Waals surface area contributed by atoms with Crippen LogP contribution < -0.4 is 18.5 Å². The van der Waals surface area contributed by atoms with E-state index in [1.807, 2.05) is 0 Å². The van der Waals surface area contributed by atoms with Gasteiger partial charge in [0.15, 0.2) is 11.5 Å². The number of hydrogen-bond donors (Lipinski definition) is 1. The molecule has 152 valence electrons. The van der Waals surface area contributed by atoms with E-state index in [2.05, 4.69) is 4.72 Å². The predicted octanol–water partition coefficient (Wildman–Crippen LogP) is 1.75. The number of nitrogens with zero attached hydrogens (tertiary/aromatic N) is 1. The Bertz CT molecular complexity index is 1100. The average molecular weight is 427 g/mol. The van der Waals surface area contributed by atoms with Gasteiger partial charge in [-0.15, -0.1) is 0 Å². The van der Waals surface area contributed by atoms with Gasteiger partial charge < -0.3 is 9.47 Å². The van der Waals surface area contributed by atoms with E-state index in [9.17, 15) is 16.8 Å². The minimum absolute atomic E-state index is 0.0301. The number of sulfonamides is 2. The lowest BCUT2D eigenvalue weighted by Gasteiger charge is -2.21. The van der Waals surface area contributed by atoms with Crippen LogP contribution in [0.15, 0.2) is 46.2 Å². The maximum absolute atomic E-state index is 13.2. The van der Waals surface area contributed by atoms with E-state index in [-0.39, 0.29) is 22.9 Å². The highest BCUT2D eigenvalue weighted by Gasteiger charge is 2.32. The van der Waals surface area contributed by atoms with E-state index in [0.29, 0.717) is 23.6 Å². The molecule has 1 aliphatic rings. The topological polar surface area (TPSA) is 102 Å². The van der Waals surface area contributed by atoms with Gasteiger partial charge in [-0.1, -0.05) is 13.0 Å². The van der Waals surface area contributed by atoms with E-state index in [1.165, 1.54) is 48.9 Å². The Morgan fingerprint density at radius 2 is 1.64 bits per heavy atom. The van der Waals surface area contributed by atoms with Crippen molar-refractivity contribution in [2.24, 2.45) is 0 Å². The average Bonchev–Trinajstić information content (AvgIpc) is 3.11. The van der Waals surface area contributed by atoms with Crippen molar-refractivity contribution >= 4 is 25.7 Å². The first-order chi connectivity index (χ1) is 13.2. The maximum atomic E-state index is 13.2. The van der Waals surface area contributed by atoms with Crippen molar-refractivity contribution in [3.63, 3.8) is 0 Å². The Kier molecular flexibility index (Phi) is 5.55. The van der Waals surface area contributed by atoms with Gasteiger partial charge in [0.1, 0.15) is 0 Å². The van der Waals surface area contributed by atoms with Crippen LogP contribution >= 0.6 is 0 Å². The van der Waals surface area contributed by atoms with E-state index in [0.717, 1.165) is 5.56 Å². The first-order valence-electron chi connectivity index (χ1n) is 8.62. The fourth-order valence-corrected chi connectivity index (χ4v) is 5.70. The quantitative estimate of drug-likeness (QED) is 0.724. The second-order valence-electron chi connectivity index (χ2n) is 6.14. The third-order valence-electron chi connectivity index (χ3n) is 4.50. The molecule has 0 fully saturated rings. The van der Waals surface area contributed by atoms with Crippen LogP contribution in [0.2, 0.25) is 0 Å². The summed E-state index contributed by atoms with van der Waals surface area (Å²) in [6.07, 6.45) is 0.503. The molecule has 1 aliphatic heterocycles. The number of methoxy groups -OCH3 is 2. The summed E-state index contributed by atoms with van der Waals surface area (Å²) in [5, 5.41) is 0. The highest BCUT2D eigenvalue weighted by molar-refractivity contribution is 7.93. The predicted molar refractivity (Wildman–Crippen MR) is 105 cm³/mol.